The summed E-state index contributed by atoms with van der Waals surface area (Å²) in [6.45, 7) is 16.1. The van der Waals surface area contributed by atoms with Crippen LogP contribution in [0.4, 0.5) is 11.4 Å². The Morgan fingerprint density at radius 2 is 1.06 bits per heavy atom. The van der Waals surface area contributed by atoms with Gasteiger partial charge in [0.1, 0.15) is 0 Å². The molecule has 0 amide bonds. The Labute approximate surface area is 196 Å². The molecule has 0 aliphatic carbocycles. The summed E-state index contributed by atoms with van der Waals surface area (Å²) in [5, 5.41) is 7.34. The van der Waals surface area contributed by atoms with Crippen molar-refractivity contribution in [3.63, 3.8) is 0 Å². The highest BCUT2D eigenvalue weighted by atomic mass is 15.1. The molecule has 0 spiro atoms. The molecule has 0 aromatic heterocycles. The molecule has 2 fully saturated rings. The molecule has 2 aromatic rings. The van der Waals surface area contributed by atoms with Crippen LogP contribution in [0.5, 0.6) is 0 Å². The largest absolute Gasteiger partial charge is 0.372 e. The lowest BCUT2D eigenvalue weighted by Gasteiger charge is -2.27. The van der Waals surface area contributed by atoms with Crippen LogP contribution >= 0.6 is 0 Å². The van der Waals surface area contributed by atoms with Crippen LogP contribution in [0.3, 0.4) is 0 Å². The Balaban J connectivity index is 0.00000141. The average molecular weight is 437 g/mol. The zero-order valence-electron chi connectivity index (χ0n) is 20.8. The molecule has 0 atom stereocenters. The lowest BCUT2D eigenvalue weighted by Crippen LogP contribution is -2.47. The number of hydrogen-bond acceptors (Lipinski definition) is 4. The summed E-state index contributed by atoms with van der Waals surface area (Å²) in [5.41, 5.74) is 5.49. The first-order valence-electron chi connectivity index (χ1n) is 12.7. The molecule has 0 unspecified atom stereocenters. The van der Waals surface area contributed by atoms with Gasteiger partial charge in [0.2, 0.25) is 0 Å². The summed E-state index contributed by atoms with van der Waals surface area (Å²) in [7, 11) is 0. The second kappa shape index (κ2) is 12.3. The highest BCUT2D eigenvalue weighted by Crippen LogP contribution is 2.21. The van der Waals surface area contributed by atoms with E-state index in [0.29, 0.717) is 0 Å². The summed E-state index contributed by atoms with van der Waals surface area (Å²) in [6, 6.07) is 18.2. The van der Waals surface area contributed by atoms with Gasteiger partial charge in [0.15, 0.2) is 0 Å². The van der Waals surface area contributed by atoms with E-state index >= 15 is 0 Å². The monoisotopic (exact) mass is 436 g/mol. The first kappa shape index (κ1) is 24.6. The minimum absolute atomic E-state index is 0.0448. The molecule has 2 heterocycles. The molecule has 4 heteroatoms. The maximum absolute atomic E-state index is 3.71. The van der Waals surface area contributed by atoms with Crippen molar-refractivity contribution < 1.29 is 0 Å². The summed E-state index contributed by atoms with van der Waals surface area (Å²) < 4.78 is 0. The Bertz CT molecular complexity index is 770. The number of nitrogens with zero attached hydrogens (tertiary/aromatic N) is 2. The molecule has 32 heavy (non-hydrogen) atoms. The molecule has 4 rings (SSSR count). The van der Waals surface area contributed by atoms with E-state index < -0.39 is 0 Å². The van der Waals surface area contributed by atoms with Crippen molar-refractivity contribution in [3.8, 4) is 0 Å². The van der Waals surface area contributed by atoms with Crippen molar-refractivity contribution >= 4 is 11.4 Å². The fourth-order valence-electron chi connectivity index (χ4n) is 4.52. The minimum atomic E-state index is 0.0448. The smallest absolute Gasteiger partial charge is 0.0366 e. The fourth-order valence-corrected chi connectivity index (χ4v) is 4.52. The van der Waals surface area contributed by atoms with Crippen molar-refractivity contribution in [2.75, 3.05) is 42.5 Å². The van der Waals surface area contributed by atoms with Gasteiger partial charge in [-0.2, -0.15) is 0 Å². The lowest BCUT2D eigenvalue weighted by atomic mass is 10.0. The number of nitrogens with one attached hydrogen (secondary N) is 2. The van der Waals surface area contributed by atoms with Crippen LogP contribution in [-0.2, 0) is 13.1 Å². The normalized spacial score (nSPS) is 16.2. The van der Waals surface area contributed by atoms with Crippen molar-refractivity contribution in [1.82, 2.24) is 10.6 Å². The van der Waals surface area contributed by atoms with E-state index in [-0.39, 0.29) is 5.54 Å². The van der Waals surface area contributed by atoms with Crippen LogP contribution in [0.1, 0.15) is 64.5 Å². The Morgan fingerprint density at radius 1 is 0.656 bits per heavy atom. The fraction of sp³-hybridized carbons (Fsp3) is 0.571. The van der Waals surface area contributed by atoms with Gasteiger partial charge in [-0.05, 0) is 74.9 Å². The maximum Gasteiger partial charge on any atom is 0.0366 e. The predicted octanol–water partition coefficient (Wildman–Crippen LogP) is 5.57. The molecule has 2 aromatic carbocycles. The zero-order chi connectivity index (χ0) is 22.8. The number of hydrogen-bond donors (Lipinski definition) is 2. The molecule has 2 saturated heterocycles. The van der Waals surface area contributed by atoms with Crippen LogP contribution in [-0.4, -0.2) is 38.3 Å². The molecule has 2 N–H and O–H groups in total. The number of anilines is 2. The van der Waals surface area contributed by atoms with Gasteiger partial charge >= 0.3 is 0 Å². The third-order valence-electron chi connectivity index (χ3n) is 6.48. The first-order chi connectivity index (χ1) is 15.6. The maximum atomic E-state index is 3.71. The van der Waals surface area contributed by atoms with Crippen LogP contribution < -0.4 is 20.4 Å². The second-order valence-corrected chi connectivity index (χ2v) is 9.56. The van der Waals surface area contributed by atoms with Crippen molar-refractivity contribution in [1.29, 1.82) is 0 Å². The quantitative estimate of drug-likeness (QED) is 0.538. The Morgan fingerprint density at radius 3 is 1.50 bits per heavy atom. The van der Waals surface area contributed by atoms with Gasteiger partial charge in [0.05, 0.1) is 0 Å². The van der Waals surface area contributed by atoms with Crippen molar-refractivity contribution in [2.24, 2.45) is 0 Å². The predicted molar refractivity (Wildman–Crippen MR) is 140 cm³/mol. The first-order valence-corrected chi connectivity index (χ1v) is 12.7. The van der Waals surface area contributed by atoms with Gasteiger partial charge in [0.25, 0.3) is 0 Å². The highest BCUT2D eigenvalue weighted by molar-refractivity contribution is 5.49. The zero-order valence-corrected chi connectivity index (χ0v) is 20.8. The van der Waals surface area contributed by atoms with Gasteiger partial charge in [-0.1, -0.05) is 38.1 Å². The van der Waals surface area contributed by atoms with Crippen LogP contribution in [0.2, 0.25) is 0 Å². The van der Waals surface area contributed by atoms with E-state index in [1.807, 2.05) is 13.8 Å². The van der Waals surface area contributed by atoms with Crippen molar-refractivity contribution in [2.45, 2.75) is 72.0 Å². The van der Waals surface area contributed by atoms with Crippen molar-refractivity contribution in [3.05, 3.63) is 59.7 Å². The third-order valence-corrected chi connectivity index (χ3v) is 6.48. The van der Waals surface area contributed by atoms with Gasteiger partial charge < -0.3 is 20.4 Å². The van der Waals surface area contributed by atoms with Crippen LogP contribution in [0.25, 0.3) is 0 Å². The van der Waals surface area contributed by atoms with E-state index in [1.54, 1.807) is 0 Å². The second-order valence-electron chi connectivity index (χ2n) is 9.56. The summed E-state index contributed by atoms with van der Waals surface area (Å²) in [6.07, 6.45) is 5.31. The molecular weight excluding hydrogens is 392 g/mol. The molecule has 176 valence electrons. The van der Waals surface area contributed by atoms with Gasteiger partial charge in [-0.15, -0.1) is 0 Å². The number of benzene rings is 2. The van der Waals surface area contributed by atoms with E-state index in [2.05, 4.69) is 82.8 Å². The van der Waals surface area contributed by atoms with Gasteiger partial charge in [-0.3, -0.25) is 0 Å². The third kappa shape index (κ3) is 7.25. The summed E-state index contributed by atoms with van der Waals surface area (Å²) in [4.78, 5) is 4.98. The average Bonchev–Trinajstić information content (AvgIpc) is 3.55. The number of rotatable bonds is 9. The lowest BCUT2D eigenvalue weighted by molar-refractivity contribution is 0.362. The molecule has 4 nitrogen and oxygen atoms in total. The molecule has 0 bridgehead atoms. The molecule has 2 aliphatic rings. The SMILES string of the molecule is CC.CC(C)(CNCc1ccc(N2CCCC2)cc1)NCc1ccc(N2CCCC2)cc1. The Kier molecular flexibility index (Phi) is 9.43. The minimum Gasteiger partial charge on any atom is -0.372 e. The molecular formula is C28H44N4. The Hall–Kier alpha value is -2.04. The summed E-state index contributed by atoms with van der Waals surface area (Å²) >= 11 is 0. The van der Waals surface area contributed by atoms with Gasteiger partial charge in [0, 0.05) is 62.7 Å². The van der Waals surface area contributed by atoms with Crippen LogP contribution in [0.15, 0.2) is 48.5 Å². The summed E-state index contributed by atoms with van der Waals surface area (Å²) in [5.74, 6) is 0. The molecule has 2 aliphatic heterocycles. The molecule has 0 radical (unpaired) electrons. The highest BCUT2D eigenvalue weighted by Gasteiger charge is 2.17. The van der Waals surface area contributed by atoms with E-state index in [1.165, 1.54) is 74.4 Å². The van der Waals surface area contributed by atoms with E-state index in [9.17, 15) is 0 Å². The van der Waals surface area contributed by atoms with E-state index in [0.717, 1.165) is 19.6 Å². The topological polar surface area (TPSA) is 30.5 Å². The molecule has 0 saturated carbocycles. The van der Waals surface area contributed by atoms with E-state index in [4.69, 9.17) is 0 Å². The van der Waals surface area contributed by atoms with Crippen LogP contribution in [0, 0.1) is 0 Å². The standard InChI is InChI=1S/C26H38N4.C2H6/c1-26(2,28-20-23-9-13-25(14-10-23)30-17-5-6-18-30)21-27-19-22-7-11-24(12-8-22)29-15-3-4-16-29;1-2/h7-14,27-28H,3-6,15-21H2,1-2H3;1-2H3. The van der Waals surface area contributed by atoms with Gasteiger partial charge in [-0.25, -0.2) is 0 Å².